The van der Waals surface area contributed by atoms with E-state index in [0.717, 1.165) is 6.42 Å². The number of quaternary nitrogens is 1. The zero-order valence-corrected chi connectivity index (χ0v) is 15.3. The van der Waals surface area contributed by atoms with Crippen LogP contribution in [0.5, 0.6) is 0 Å². The first kappa shape index (κ1) is 17.3. The summed E-state index contributed by atoms with van der Waals surface area (Å²) in [5, 5.41) is 3.37. The van der Waals surface area contributed by atoms with Crippen molar-refractivity contribution in [1.29, 1.82) is 0 Å². The smallest absolute Gasteiger partial charge is 0.0800 e. The zero-order chi connectivity index (χ0) is 17.5. The second-order valence-corrected chi connectivity index (χ2v) is 7.83. The monoisotopic (exact) mass is 342 g/mol. The number of alkyl halides is 1. The van der Waals surface area contributed by atoms with Crippen LogP contribution in [0.15, 0.2) is 55.3 Å². The molecule has 1 fully saturated rings. The molecule has 0 amide bonds. The second kappa shape index (κ2) is 6.42. The quantitative estimate of drug-likeness (QED) is 0.470. The largest absolute Gasteiger partial charge is 0.475 e. The Labute approximate surface area is 150 Å². The first-order valence-electron chi connectivity index (χ1n) is 8.55. The molecule has 2 aromatic rings. The number of halogens is 1. The minimum atomic E-state index is -0.182. The van der Waals surface area contributed by atoms with Gasteiger partial charge in [-0.05, 0) is 37.8 Å². The van der Waals surface area contributed by atoms with Gasteiger partial charge < -0.3 is 10.3 Å². The normalized spacial score (nSPS) is 33.5. The van der Waals surface area contributed by atoms with E-state index in [-0.39, 0.29) is 16.8 Å². The minimum absolute atomic E-state index is 0.0288. The van der Waals surface area contributed by atoms with Gasteiger partial charge in [-0.1, -0.05) is 36.4 Å². The van der Waals surface area contributed by atoms with Gasteiger partial charge in [-0.25, -0.2) is 0 Å². The number of allylic oxidation sites excluding steroid dienone is 1. The highest BCUT2D eigenvalue weighted by Gasteiger charge is 2.52. The first-order chi connectivity index (χ1) is 11.4. The Morgan fingerprint density at radius 1 is 1.46 bits per heavy atom. The van der Waals surface area contributed by atoms with Gasteiger partial charge in [0.25, 0.3) is 0 Å². The molecule has 0 bridgehead atoms. The lowest BCUT2D eigenvalue weighted by Gasteiger charge is -2.50. The topological polar surface area (TPSA) is 32.4 Å². The molecule has 2 nitrogen and oxygen atoms in total. The molecule has 1 saturated carbocycles. The number of aromatic amines is 1. The van der Waals surface area contributed by atoms with Crippen LogP contribution >= 0.6 is 11.6 Å². The van der Waals surface area contributed by atoms with Crippen LogP contribution in [-0.4, -0.2) is 16.4 Å². The summed E-state index contributed by atoms with van der Waals surface area (Å²) >= 11 is 6.81. The third-order valence-electron chi connectivity index (χ3n) is 5.98. The van der Waals surface area contributed by atoms with E-state index < -0.39 is 0 Å². The van der Waals surface area contributed by atoms with Crippen LogP contribution in [0.3, 0.4) is 0 Å². The van der Waals surface area contributed by atoms with E-state index in [0.29, 0.717) is 11.8 Å². The van der Waals surface area contributed by atoms with Gasteiger partial charge in [0.2, 0.25) is 0 Å². The number of hydrogen-bond acceptors (Lipinski definition) is 0. The maximum atomic E-state index is 6.81. The molecule has 1 heterocycles. The predicted octanol–water partition coefficient (Wildman–Crippen LogP) is 4.37. The summed E-state index contributed by atoms with van der Waals surface area (Å²) in [6.45, 7) is 12.7. The highest BCUT2D eigenvalue weighted by Crippen LogP contribution is 2.51. The molecule has 0 spiro atoms. The average Bonchev–Trinajstić information content (AvgIpc) is 3.00. The van der Waals surface area contributed by atoms with E-state index in [1.54, 1.807) is 0 Å². The summed E-state index contributed by atoms with van der Waals surface area (Å²) in [5.74, 6) is 0.636. The van der Waals surface area contributed by atoms with E-state index in [1.807, 2.05) is 6.08 Å². The van der Waals surface area contributed by atoms with Crippen LogP contribution < -0.4 is 5.32 Å². The lowest BCUT2D eigenvalue weighted by molar-refractivity contribution is -0.653. The number of aromatic nitrogens is 1. The van der Waals surface area contributed by atoms with Crippen LogP contribution in [0.25, 0.3) is 10.9 Å². The number of para-hydroxylation sites is 1. The van der Waals surface area contributed by atoms with Gasteiger partial charge in [-0.3, -0.25) is 0 Å². The Hall–Kier alpha value is -1.51. The van der Waals surface area contributed by atoms with Crippen LogP contribution in [0.1, 0.15) is 31.7 Å². The Bertz CT molecular complexity index is 762. The molecule has 1 aromatic heterocycles. The Morgan fingerprint density at radius 2 is 2.17 bits per heavy atom. The Kier molecular flexibility index (Phi) is 4.63. The van der Waals surface area contributed by atoms with Gasteiger partial charge in [0.15, 0.2) is 0 Å². The number of rotatable bonds is 4. The molecule has 24 heavy (non-hydrogen) atoms. The summed E-state index contributed by atoms with van der Waals surface area (Å²) in [7, 11) is 4.15. The van der Waals surface area contributed by atoms with Crippen molar-refractivity contribution in [2.24, 2.45) is 11.3 Å². The third kappa shape index (κ3) is 2.53. The van der Waals surface area contributed by atoms with Crippen LogP contribution in [0, 0.1) is 18.4 Å². The highest BCUT2D eigenvalue weighted by molar-refractivity contribution is 6.21. The number of nitrogens with one attached hydrogen (secondary N) is 1. The lowest BCUT2D eigenvalue weighted by Crippen LogP contribution is -2.90. The van der Waals surface area contributed by atoms with Crippen molar-refractivity contribution < 1.29 is 5.32 Å². The molecular formula is C21H27ClN2. The Morgan fingerprint density at radius 3 is 2.79 bits per heavy atom. The SMILES string of the molecule is C=C[C@@]1(C)[C@H](Cl)C[C@H](C(=C)C)[C@@H](c2c[nH]c3ccccc23)[C@H]1[NH2+][CH2-]. The molecule has 1 aliphatic carbocycles. The number of benzene rings is 1. The summed E-state index contributed by atoms with van der Waals surface area (Å²) in [6.07, 6.45) is 5.08. The fourth-order valence-corrected chi connectivity index (χ4v) is 4.85. The molecule has 0 aliphatic heterocycles. The van der Waals surface area contributed by atoms with Crippen molar-refractivity contribution in [1.82, 2.24) is 4.98 Å². The Balaban J connectivity index is 2.19. The second-order valence-electron chi connectivity index (χ2n) is 7.30. The van der Waals surface area contributed by atoms with E-state index in [9.17, 15) is 0 Å². The molecule has 3 heteroatoms. The maximum Gasteiger partial charge on any atom is 0.0800 e. The van der Waals surface area contributed by atoms with Gasteiger partial charge in [0.05, 0.1) is 11.5 Å². The van der Waals surface area contributed by atoms with Crippen molar-refractivity contribution in [3.05, 3.63) is 67.9 Å². The highest BCUT2D eigenvalue weighted by atomic mass is 35.5. The van der Waals surface area contributed by atoms with E-state index >= 15 is 0 Å². The van der Waals surface area contributed by atoms with E-state index in [2.05, 4.69) is 74.8 Å². The van der Waals surface area contributed by atoms with E-state index in [4.69, 9.17) is 11.6 Å². The van der Waals surface area contributed by atoms with Gasteiger partial charge in [-0.15, -0.1) is 18.2 Å². The van der Waals surface area contributed by atoms with Gasteiger partial charge in [-0.2, -0.15) is 7.05 Å². The maximum absolute atomic E-state index is 6.81. The van der Waals surface area contributed by atoms with Crippen molar-refractivity contribution in [3.8, 4) is 0 Å². The van der Waals surface area contributed by atoms with Crippen molar-refractivity contribution in [2.45, 2.75) is 37.6 Å². The van der Waals surface area contributed by atoms with E-state index in [1.165, 1.54) is 22.0 Å². The van der Waals surface area contributed by atoms with Crippen molar-refractivity contribution in [2.75, 3.05) is 0 Å². The lowest BCUT2D eigenvalue weighted by atomic mass is 9.59. The van der Waals surface area contributed by atoms with Gasteiger partial charge in [0, 0.05) is 28.4 Å². The summed E-state index contributed by atoms with van der Waals surface area (Å²) in [5.41, 5.74) is 3.51. The molecule has 128 valence electrons. The zero-order valence-electron chi connectivity index (χ0n) is 14.6. The van der Waals surface area contributed by atoms with Gasteiger partial charge >= 0.3 is 0 Å². The fraction of sp³-hybridized carbons (Fsp3) is 0.381. The fourth-order valence-electron chi connectivity index (χ4n) is 4.42. The van der Waals surface area contributed by atoms with Crippen molar-refractivity contribution >= 4 is 22.5 Å². The van der Waals surface area contributed by atoms with Crippen LogP contribution in [0.2, 0.25) is 0 Å². The van der Waals surface area contributed by atoms with Crippen LogP contribution in [-0.2, 0) is 0 Å². The summed E-state index contributed by atoms with van der Waals surface area (Å²) in [6, 6.07) is 8.69. The molecule has 0 saturated heterocycles. The summed E-state index contributed by atoms with van der Waals surface area (Å²) < 4.78 is 0. The van der Waals surface area contributed by atoms with Crippen molar-refractivity contribution in [3.63, 3.8) is 0 Å². The predicted molar refractivity (Wildman–Crippen MR) is 103 cm³/mol. The summed E-state index contributed by atoms with van der Waals surface area (Å²) in [4.78, 5) is 3.42. The number of H-pyrrole nitrogens is 1. The molecule has 3 rings (SSSR count). The molecule has 1 aliphatic rings. The van der Waals surface area contributed by atoms with Crippen LogP contribution in [0.4, 0.5) is 0 Å². The standard InChI is InChI=1S/C21H27ClN2/c1-6-21(4)18(22)11-15(13(2)3)19(20(21)23-5)16-12-24-17-10-8-7-9-14(16)17/h6-10,12,15,18-20,24H,1-2,5,11,23H2,3-4H3/t15-,18-,19+,20-,21+/m1/s1. The molecular weight excluding hydrogens is 316 g/mol. The molecule has 5 atom stereocenters. The number of hydrogen-bond donors (Lipinski definition) is 2. The first-order valence-corrected chi connectivity index (χ1v) is 8.99. The molecule has 3 N–H and O–H groups in total. The molecule has 1 aromatic carbocycles. The number of nitrogens with two attached hydrogens (primary N) is 1. The molecule has 0 unspecified atom stereocenters. The average molecular weight is 343 g/mol. The van der Waals surface area contributed by atoms with Gasteiger partial charge in [0.1, 0.15) is 0 Å². The molecule has 0 radical (unpaired) electrons. The third-order valence-corrected chi connectivity index (χ3v) is 6.63. The number of fused-ring (bicyclic) bond motifs is 1. The minimum Gasteiger partial charge on any atom is -0.475 e.